The van der Waals surface area contributed by atoms with Gasteiger partial charge in [-0.3, -0.25) is 9.69 Å². The minimum atomic E-state index is -0.668. The van der Waals surface area contributed by atoms with Gasteiger partial charge in [0.05, 0.1) is 19.8 Å². The number of anilines is 1. The van der Waals surface area contributed by atoms with Gasteiger partial charge in [0.25, 0.3) is 5.91 Å². The predicted molar refractivity (Wildman–Crippen MR) is 99.9 cm³/mol. The maximum absolute atomic E-state index is 13.3. The van der Waals surface area contributed by atoms with Gasteiger partial charge in [-0.2, -0.15) is 0 Å². The van der Waals surface area contributed by atoms with Crippen molar-refractivity contribution in [2.75, 3.05) is 44.4 Å². The summed E-state index contributed by atoms with van der Waals surface area (Å²) in [6.07, 6.45) is 0. The third kappa shape index (κ3) is 4.22. The second kappa shape index (κ2) is 7.95. The smallest absolute Gasteiger partial charge is 0.253 e. The highest BCUT2D eigenvalue weighted by molar-refractivity contribution is 5.95. The lowest BCUT2D eigenvalue weighted by atomic mass is 10.0. The number of hydrogen-bond donors (Lipinski definition) is 0. The first-order chi connectivity index (χ1) is 13.5. The summed E-state index contributed by atoms with van der Waals surface area (Å²) in [5.41, 5.74) is 0.975. The fraction of sp³-hybridized carbons (Fsp3) is 0.381. The van der Waals surface area contributed by atoms with Crippen molar-refractivity contribution in [3.63, 3.8) is 0 Å². The molecule has 0 bridgehead atoms. The first-order valence-electron chi connectivity index (χ1n) is 9.27. The Morgan fingerprint density at radius 2 is 1.64 bits per heavy atom. The van der Waals surface area contributed by atoms with Crippen LogP contribution in [0.25, 0.3) is 0 Å². The average Bonchev–Trinajstić information content (AvgIpc) is 2.89. The zero-order valence-corrected chi connectivity index (χ0v) is 15.4. The molecule has 0 unspecified atom stereocenters. The van der Waals surface area contributed by atoms with E-state index in [9.17, 15) is 13.6 Å². The lowest BCUT2D eigenvalue weighted by Crippen LogP contribution is -2.60. The van der Waals surface area contributed by atoms with Crippen LogP contribution in [0.5, 0.6) is 0 Å². The number of ether oxygens (including phenoxy) is 2. The Labute approximate surface area is 162 Å². The van der Waals surface area contributed by atoms with Crippen LogP contribution in [-0.2, 0) is 20.8 Å². The van der Waals surface area contributed by atoms with Crippen LogP contribution in [-0.4, -0.2) is 55.9 Å². The Morgan fingerprint density at radius 3 is 2.36 bits per heavy atom. The summed E-state index contributed by atoms with van der Waals surface area (Å²) in [5, 5.41) is 0. The van der Waals surface area contributed by atoms with Crippen LogP contribution in [0.15, 0.2) is 48.5 Å². The van der Waals surface area contributed by atoms with Crippen LogP contribution in [0.4, 0.5) is 14.5 Å². The van der Waals surface area contributed by atoms with Gasteiger partial charge in [-0.15, -0.1) is 0 Å². The first kappa shape index (κ1) is 19.0. The predicted octanol–water partition coefficient (Wildman–Crippen LogP) is 2.60. The van der Waals surface area contributed by atoms with E-state index in [0.29, 0.717) is 45.1 Å². The van der Waals surface area contributed by atoms with Crippen molar-refractivity contribution >= 4 is 11.6 Å². The van der Waals surface area contributed by atoms with Crippen molar-refractivity contribution < 1.29 is 23.0 Å². The minimum Gasteiger partial charge on any atom is -0.377 e. The van der Waals surface area contributed by atoms with E-state index < -0.39 is 5.60 Å². The number of amides is 1. The molecular weight excluding hydrogens is 366 g/mol. The zero-order chi connectivity index (χ0) is 19.6. The van der Waals surface area contributed by atoms with Gasteiger partial charge in [0.2, 0.25) is 0 Å². The molecule has 2 aliphatic heterocycles. The molecule has 0 radical (unpaired) electrons. The Morgan fingerprint density at radius 1 is 0.964 bits per heavy atom. The molecular formula is C21H22F2N2O3. The molecule has 1 atom stereocenters. The van der Waals surface area contributed by atoms with Crippen molar-refractivity contribution in [3.05, 3.63) is 65.7 Å². The maximum Gasteiger partial charge on any atom is 0.253 e. The highest BCUT2D eigenvalue weighted by Crippen LogP contribution is 2.28. The second-order valence-electron chi connectivity index (χ2n) is 7.32. The molecule has 28 heavy (non-hydrogen) atoms. The van der Waals surface area contributed by atoms with E-state index in [1.807, 2.05) is 0 Å². The van der Waals surface area contributed by atoms with E-state index >= 15 is 0 Å². The second-order valence-corrected chi connectivity index (χ2v) is 7.32. The summed E-state index contributed by atoms with van der Waals surface area (Å²) in [5.74, 6) is -0.766. The largest absolute Gasteiger partial charge is 0.377 e. The molecule has 0 N–H and O–H groups in total. The Bertz CT molecular complexity index is 829. The van der Waals surface area contributed by atoms with Crippen molar-refractivity contribution in [1.29, 1.82) is 0 Å². The van der Waals surface area contributed by atoms with E-state index in [1.54, 1.807) is 29.2 Å². The number of carbonyl (C=O) groups excluding carboxylic acids is 1. The van der Waals surface area contributed by atoms with Crippen LogP contribution >= 0.6 is 0 Å². The summed E-state index contributed by atoms with van der Waals surface area (Å²) < 4.78 is 38.2. The number of carbonyl (C=O) groups is 1. The van der Waals surface area contributed by atoms with E-state index in [-0.39, 0.29) is 24.1 Å². The molecule has 1 spiro atoms. The molecule has 0 aromatic heterocycles. The highest BCUT2D eigenvalue weighted by Gasteiger charge is 2.43. The molecule has 0 aliphatic carbocycles. The summed E-state index contributed by atoms with van der Waals surface area (Å²) >= 11 is 0. The molecule has 2 fully saturated rings. The fourth-order valence-electron chi connectivity index (χ4n) is 3.72. The summed E-state index contributed by atoms with van der Waals surface area (Å²) in [6.45, 7) is 3.14. The molecule has 2 aliphatic rings. The Balaban J connectivity index is 1.52. The SMILES string of the molecule is O=C1CO[C@]2(COCCN(Cc3ccc(F)cc3)C2)CN1c1ccc(F)cc1. The van der Waals surface area contributed by atoms with E-state index in [1.165, 1.54) is 24.3 Å². The molecule has 7 heteroatoms. The molecule has 4 rings (SSSR count). The molecule has 5 nitrogen and oxygen atoms in total. The van der Waals surface area contributed by atoms with E-state index in [2.05, 4.69) is 4.90 Å². The van der Waals surface area contributed by atoms with Gasteiger partial charge >= 0.3 is 0 Å². The normalized spacial score (nSPS) is 23.8. The summed E-state index contributed by atoms with van der Waals surface area (Å²) in [6, 6.07) is 12.3. The quantitative estimate of drug-likeness (QED) is 0.811. The lowest BCUT2D eigenvalue weighted by molar-refractivity contribution is -0.146. The molecule has 0 saturated carbocycles. The minimum absolute atomic E-state index is 0.0505. The Kier molecular flexibility index (Phi) is 5.39. The number of hydrogen-bond acceptors (Lipinski definition) is 4. The standard InChI is InChI=1S/C21H22F2N2O3/c22-17-3-1-16(2-4-17)11-24-9-10-27-15-21(13-24)14-25(20(26)12-28-21)19-7-5-18(23)6-8-19/h1-8H,9-15H2/t21-/m0/s1. The van der Waals surface area contributed by atoms with Gasteiger partial charge in [0, 0.05) is 25.3 Å². The highest BCUT2D eigenvalue weighted by atomic mass is 19.1. The van der Waals surface area contributed by atoms with Gasteiger partial charge in [-0.05, 0) is 42.0 Å². The van der Waals surface area contributed by atoms with Crippen molar-refractivity contribution in [2.24, 2.45) is 0 Å². The van der Waals surface area contributed by atoms with Crippen molar-refractivity contribution in [2.45, 2.75) is 12.1 Å². The van der Waals surface area contributed by atoms with Crippen molar-refractivity contribution in [1.82, 2.24) is 4.90 Å². The maximum atomic E-state index is 13.3. The number of morpholine rings is 1. The van der Waals surface area contributed by atoms with Crippen LogP contribution in [0.2, 0.25) is 0 Å². The Hall–Kier alpha value is -2.35. The number of nitrogens with zero attached hydrogens (tertiary/aromatic N) is 2. The molecule has 2 heterocycles. The third-order valence-electron chi connectivity index (χ3n) is 5.14. The van der Waals surface area contributed by atoms with E-state index in [0.717, 1.165) is 5.56 Å². The summed E-state index contributed by atoms with van der Waals surface area (Å²) in [4.78, 5) is 16.2. The van der Waals surface area contributed by atoms with Gasteiger partial charge in [0.15, 0.2) is 0 Å². The topological polar surface area (TPSA) is 42.0 Å². The van der Waals surface area contributed by atoms with Gasteiger partial charge < -0.3 is 14.4 Å². The number of benzene rings is 2. The molecule has 2 aromatic rings. The fourth-order valence-corrected chi connectivity index (χ4v) is 3.72. The van der Waals surface area contributed by atoms with Crippen LogP contribution in [0, 0.1) is 11.6 Å². The first-order valence-corrected chi connectivity index (χ1v) is 9.27. The molecule has 2 aromatic carbocycles. The average molecular weight is 388 g/mol. The number of rotatable bonds is 3. The molecule has 148 valence electrons. The molecule has 2 saturated heterocycles. The zero-order valence-electron chi connectivity index (χ0n) is 15.4. The number of halogens is 2. The van der Waals surface area contributed by atoms with Crippen LogP contribution in [0.3, 0.4) is 0 Å². The van der Waals surface area contributed by atoms with Crippen LogP contribution < -0.4 is 4.90 Å². The van der Waals surface area contributed by atoms with Crippen LogP contribution in [0.1, 0.15) is 5.56 Å². The lowest BCUT2D eigenvalue weighted by Gasteiger charge is -2.43. The summed E-state index contributed by atoms with van der Waals surface area (Å²) in [7, 11) is 0. The van der Waals surface area contributed by atoms with Crippen molar-refractivity contribution in [3.8, 4) is 0 Å². The third-order valence-corrected chi connectivity index (χ3v) is 5.14. The van der Waals surface area contributed by atoms with Gasteiger partial charge in [0.1, 0.15) is 23.8 Å². The molecule has 1 amide bonds. The van der Waals surface area contributed by atoms with E-state index in [4.69, 9.17) is 9.47 Å². The van der Waals surface area contributed by atoms with Gasteiger partial charge in [-0.1, -0.05) is 12.1 Å². The monoisotopic (exact) mass is 388 g/mol. The van der Waals surface area contributed by atoms with Gasteiger partial charge in [-0.25, -0.2) is 8.78 Å².